The molecule has 0 atom stereocenters. The van der Waals surface area contributed by atoms with Gasteiger partial charge in [0.2, 0.25) is 0 Å². The lowest BCUT2D eigenvalue weighted by Crippen LogP contribution is -2.12. The van der Waals surface area contributed by atoms with Gasteiger partial charge in [-0.05, 0) is 44.0 Å². The fourth-order valence-electron chi connectivity index (χ4n) is 1.08. The van der Waals surface area contributed by atoms with Crippen LogP contribution in [0.15, 0.2) is 33.6 Å². The molecule has 0 aliphatic carbocycles. The minimum absolute atomic E-state index is 0.292. The molecule has 0 unspecified atom stereocenters. The molecule has 0 spiro atoms. The molecule has 82 valence electrons. The van der Waals surface area contributed by atoms with Gasteiger partial charge >= 0.3 is 0 Å². The van der Waals surface area contributed by atoms with Gasteiger partial charge in [0, 0.05) is 18.1 Å². The van der Waals surface area contributed by atoms with Gasteiger partial charge in [-0.1, -0.05) is 0 Å². The van der Waals surface area contributed by atoms with Crippen LogP contribution in [-0.4, -0.2) is 21.1 Å². The smallest absolute Gasteiger partial charge is 0.277 e. The number of nitrogens with one attached hydrogen (secondary N) is 2. The van der Waals surface area contributed by atoms with Crippen molar-refractivity contribution in [3.8, 4) is 0 Å². The quantitative estimate of drug-likeness (QED) is 0.878. The van der Waals surface area contributed by atoms with E-state index in [1.54, 1.807) is 24.5 Å². The van der Waals surface area contributed by atoms with Crippen LogP contribution in [0.25, 0.3) is 0 Å². The SMILES string of the molecule is O=C(Nc1ccncc1)c1n[nH]c(Br)c1Br. The first-order chi connectivity index (χ1) is 7.68. The molecule has 0 bridgehead atoms. The number of aromatic amines is 1. The van der Waals surface area contributed by atoms with E-state index in [2.05, 4.69) is 52.4 Å². The van der Waals surface area contributed by atoms with Crippen LogP contribution in [0.4, 0.5) is 5.69 Å². The summed E-state index contributed by atoms with van der Waals surface area (Å²) < 4.78 is 1.23. The van der Waals surface area contributed by atoms with Crippen LogP contribution in [0.1, 0.15) is 10.5 Å². The molecule has 2 rings (SSSR count). The first kappa shape index (κ1) is 11.3. The van der Waals surface area contributed by atoms with Crippen molar-refractivity contribution in [2.45, 2.75) is 0 Å². The van der Waals surface area contributed by atoms with E-state index in [4.69, 9.17) is 0 Å². The van der Waals surface area contributed by atoms with Gasteiger partial charge in [-0.15, -0.1) is 0 Å². The Bertz CT molecular complexity index is 511. The number of H-pyrrole nitrogens is 1. The Hall–Kier alpha value is -1.21. The maximum Gasteiger partial charge on any atom is 0.277 e. The van der Waals surface area contributed by atoms with Gasteiger partial charge in [0.15, 0.2) is 5.69 Å². The molecule has 2 N–H and O–H groups in total. The average Bonchev–Trinajstić information content (AvgIpc) is 2.61. The molecule has 0 aliphatic rings. The third-order valence-corrected chi connectivity index (χ3v) is 3.70. The first-order valence-electron chi connectivity index (χ1n) is 4.29. The summed E-state index contributed by atoms with van der Waals surface area (Å²) in [6.07, 6.45) is 3.20. The number of hydrogen-bond donors (Lipinski definition) is 2. The number of anilines is 1. The van der Waals surface area contributed by atoms with E-state index in [-0.39, 0.29) is 5.91 Å². The van der Waals surface area contributed by atoms with Gasteiger partial charge in [0.05, 0.1) is 4.47 Å². The normalized spacial score (nSPS) is 10.1. The summed E-state index contributed by atoms with van der Waals surface area (Å²) in [4.78, 5) is 15.6. The van der Waals surface area contributed by atoms with E-state index in [9.17, 15) is 4.79 Å². The zero-order valence-corrected chi connectivity index (χ0v) is 11.0. The van der Waals surface area contributed by atoms with E-state index in [0.717, 1.165) is 0 Å². The largest absolute Gasteiger partial charge is 0.320 e. The highest BCUT2D eigenvalue weighted by Crippen LogP contribution is 2.24. The molecule has 0 saturated carbocycles. The lowest BCUT2D eigenvalue weighted by molar-refractivity contribution is 0.102. The highest BCUT2D eigenvalue weighted by Gasteiger charge is 2.16. The zero-order valence-electron chi connectivity index (χ0n) is 7.87. The molecule has 0 saturated heterocycles. The van der Waals surface area contributed by atoms with Gasteiger partial charge in [0.25, 0.3) is 5.91 Å². The number of nitrogens with zero attached hydrogens (tertiary/aromatic N) is 2. The number of amides is 1. The highest BCUT2D eigenvalue weighted by atomic mass is 79.9. The van der Waals surface area contributed by atoms with Gasteiger partial charge in [-0.3, -0.25) is 14.9 Å². The topological polar surface area (TPSA) is 70.7 Å². The number of rotatable bonds is 2. The molecule has 0 aliphatic heterocycles. The van der Waals surface area contributed by atoms with Gasteiger partial charge in [-0.25, -0.2) is 0 Å². The van der Waals surface area contributed by atoms with E-state index in [0.29, 0.717) is 20.5 Å². The van der Waals surface area contributed by atoms with Crippen molar-refractivity contribution in [3.63, 3.8) is 0 Å². The van der Waals surface area contributed by atoms with E-state index < -0.39 is 0 Å². The average molecular weight is 346 g/mol. The standard InChI is InChI=1S/C9H6Br2N4O/c10-6-7(14-15-8(6)11)9(16)13-5-1-3-12-4-2-5/h1-4H,(H,14,15)(H,12,13,16). The summed E-state index contributed by atoms with van der Waals surface area (Å²) in [7, 11) is 0. The molecule has 0 radical (unpaired) electrons. The number of aromatic nitrogens is 3. The minimum atomic E-state index is -0.292. The van der Waals surface area contributed by atoms with Crippen LogP contribution >= 0.6 is 31.9 Å². The van der Waals surface area contributed by atoms with Crippen LogP contribution < -0.4 is 5.32 Å². The fourth-order valence-corrected chi connectivity index (χ4v) is 1.72. The van der Waals surface area contributed by atoms with E-state index >= 15 is 0 Å². The van der Waals surface area contributed by atoms with Gasteiger partial charge < -0.3 is 5.32 Å². The maximum absolute atomic E-state index is 11.8. The molecule has 0 aromatic carbocycles. The molecule has 16 heavy (non-hydrogen) atoms. The Morgan fingerprint density at radius 1 is 1.31 bits per heavy atom. The number of hydrogen-bond acceptors (Lipinski definition) is 3. The molecule has 2 heterocycles. The maximum atomic E-state index is 11.8. The lowest BCUT2D eigenvalue weighted by atomic mass is 10.3. The van der Waals surface area contributed by atoms with E-state index in [1.807, 2.05) is 0 Å². The van der Waals surface area contributed by atoms with Crippen LogP contribution in [-0.2, 0) is 0 Å². The number of carbonyl (C=O) groups is 1. The minimum Gasteiger partial charge on any atom is -0.320 e. The fraction of sp³-hybridized carbons (Fsp3) is 0. The molecular weight excluding hydrogens is 340 g/mol. The van der Waals surface area contributed by atoms with Crippen molar-refractivity contribution in [1.82, 2.24) is 15.2 Å². The first-order valence-corrected chi connectivity index (χ1v) is 5.88. The molecule has 5 nitrogen and oxygen atoms in total. The molecule has 0 fully saturated rings. The summed E-state index contributed by atoms with van der Waals surface area (Å²) in [6.45, 7) is 0. The summed E-state index contributed by atoms with van der Waals surface area (Å²) in [5, 5.41) is 9.22. The molecule has 7 heteroatoms. The molecule has 2 aromatic heterocycles. The Morgan fingerprint density at radius 2 is 2.00 bits per heavy atom. The Balaban J connectivity index is 2.18. The zero-order chi connectivity index (χ0) is 11.5. The van der Waals surface area contributed by atoms with Gasteiger partial charge in [0.1, 0.15) is 4.60 Å². The lowest BCUT2D eigenvalue weighted by Gasteiger charge is -2.01. The summed E-state index contributed by atoms with van der Waals surface area (Å²) >= 11 is 6.47. The summed E-state index contributed by atoms with van der Waals surface area (Å²) in [5.41, 5.74) is 0.967. The third-order valence-electron chi connectivity index (χ3n) is 1.82. The van der Waals surface area contributed by atoms with Crippen molar-refractivity contribution < 1.29 is 4.79 Å². The third kappa shape index (κ3) is 2.30. The van der Waals surface area contributed by atoms with Crippen molar-refractivity contribution >= 4 is 43.5 Å². The van der Waals surface area contributed by atoms with Crippen LogP contribution in [0, 0.1) is 0 Å². The molecular formula is C9H6Br2N4O. The second kappa shape index (κ2) is 4.75. The summed E-state index contributed by atoms with van der Waals surface area (Å²) in [5.74, 6) is -0.292. The summed E-state index contributed by atoms with van der Waals surface area (Å²) in [6, 6.07) is 3.40. The Kier molecular flexibility index (Phi) is 3.35. The predicted octanol–water partition coefficient (Wildman–Crippen LogP) is 2.58. The number of halogens is 2. The van der Waals surface area contributed by atoms with Crippen molar-refractivity contribution in [2.24, 2.45) is 0 Å². The second-order valence-corrected chi connectivity index (χ2v) is 4.48. The molecule has 2 aromatic rings. The number of carbonyl (C=O) groups excluding carboxylic acids is 1. The Morgan fingerprint density at radius 3 is 2.56 bits per heavy atom. The predicted molar refractivity (Wildman–Crippen MR) is 66.2 cm³/mol. The second-order valence-electron chi connectivity index (χ2n) is 2.89. The molecule has 1 amide bonds. The van der Waals surface area contributed by atoms with Crippen LogP contribution in [0.2, 0.25) is 0 Å². The monoisotopic (exact) mass is 344 g/mol. The van der Waals surface area contributed by atoms with Crippen molar-refractivity contribution in [3.05, 3.63) is 39.3 Å². The Labute approximate surface area is 108 Å². The van der Waals surface area contributed by atoms with Crippen LogP contribution in [0.3, 0.4) is 0 Å². The van der Waals surface area contributed by atoms with Crippen LogP contribution in [0.5, 0.6) is 0 Å². The number of pyridine rings is 1. The van der Waals surface area contributed by atoms with Crippen molar-refractivity contribution in [2.75, 3.05) is 5.32 Å². The van der Waals surface area contributed by atoms with E-state index in [1.165, 1.54) is 0 Å². The van der Waals surface area contributed by atoms with Gasteiger partial charge in [-0.2, -0.15) is 5.10 Å². The highest BCUT2D eigenvalue weighted by molar-refractivity contribution is 9.13. The van der Waals surface area contributed by atoms with Crippen molar-refractivity contribution in [1.29, 1.82) is 0 Å².